The molecule has 0 amide bonds. The molecule has 0 bridgehead atoms. The Morgan fingerprint density at radius 3 is 2.50 bits per heavy atom. The first-order valence-electron chi connectivity index (χ1n) is 2.12. The van der Waals surface area contributed by atoms with Crippen LogP contribution in [-0.4, -0.2) is 18.4 Å². The summed E-state index contributed by atoms with van der Waals surface area (Å²) in [6, 6.07) is 0. The first-order valence-corrected chi connectivity index (χ1v) is 2.12. The highest BCUT2D eigenvalue weighted by Gasteiger charge is 1.96. The predicted molar refractivity (Wildman–Crippen MR) is 28.5 cm³/mol. The molecule has 0 radical (unpaired) electrons. The third-order valence-electron chi connectivity index (χ3n) is 0.434. The molecule has 0 aliphatic heterocycles. The molecule has 4 nitrogen and oxygen atoms in total. The first kappa shape index (κ1) is 7.10. The largest absolute Gasteiger partial charge is 0.412 e. The molecule has 0 atom stereocenters. The lowest BCUT2D eigenvalue weighted by Crippen LogP contribution is -2.18. The van der Waals surface area contributed by atoms with E-state index in [1.807, 2.05) is 0 Å². The van der Waals surface area contributed by atoms with E-state index in [0.717, 1.165) is 0 Å². The average Bonchev–Trinajstić information content (AvgIpc) is 1.65. The third-order valence-corrected chi connectivity index (χ3v) is 0.434. The van der Waals surface area contributed by atoms with Crippen molar-refractivity contribution in [2.24, 2.45) is 5.73 Å². The average molecular weight is 116 g/mol. The number of nitrogens with one attached hydrogen (secondary N) is 1. The van der Waals surface area contributed by atoms with Crippen molar-refractivity contribution in [2.45, 2.75) is 6.92 Å². The molecule has 0 aliphatic rings. The highest BCUT2D eigenvalue weighted by atomic mass is 16.5. The summed E-state index contributed by atoms with van der Waals surface area (Å²) in [6.45, 7) is 1.20. The molecule has 46 valence electrons. The van der Waals surface area contributed by atoms with E-state index in [1.54, 1.807) is 0 Å². The summed E-state index contributed by atoms with van der Waals surface area (Å²) in [5.74, 6) is -0.696. The van der Waals surface area contributed by atoms with E-state index in [-0.39, 0.29) is 12.4 Å². The van der Waals surface area contributed by atoms with E-state index in [1.165, 1.54) is 6.92 Å². The molecule has 0 saturated carbocycles. The van der Waals surface area contributed by atoms with Gasteiger partial charge in [-0.15, -0.1) is 0 Å². The maximum Gasteiger partial charge on any atom is 0.326 e. The Hall–Kier alpha value is -0.900. The van der Waals surface area contributed by atoms with Crippen LogP contribution in [0.15, 0.2) is 0 Å². The maximum atomic E-state index is 10.1. The van der Waals surface area contributed by atoms with Crippen LogP contribution in [0.1, 0.15) is 6.92 Å². The fraction of sp³-hybridized carbons (Fsp3) is 0.500. The van der Waals surface area contributed by atoms with E-state index in [2.05, 4.69) is 4.74 Å². The number of rotatable bonds is 1. The SMILES string of the molecule is CC(=N)OC(=O)CN. The fourth-order valence-electron chi connectivity index (χ4n) is 0.212. The molecular formula is C4H8N2O2. The zero-order valence-corrected chi connectivity index (χ0v) is 4.60. The van der Waals surface area contributed by atoms with E-state index in [9.17, 15) is 4.79 Å². The van der Waals surface area contributed by atoms with E-state index >= 15 is 0 Å². The van der Waals surface area contributed by atoms with Crippen LogP contribution in [-0.2, 0) is 9.53 Å². The Kier molecular flexibility index (Phi) is 2.79. The Balaban J connectivity index is 3.40. The number of nitrogens with two attached hydrogens (primary N) is 1. The van der Waals surface area contributed by atoms with Crippen molar-refractivity contribution >= 4 is 11.9 Å². The molecule has 0 aromatic heterocycles. The highest BCUT2D eigenvalue weighted by molar-refractivity contribution is 5.86. The predicted octanol–water partition coefficient (Wildman–Crippen LogP) is -0.515. The van der Waals surface area contributed by atoms with Crippen LogP contribution in [0, 0.1) is 5.41 Å². The quantitative estimate of drug-likeness (QED) is 0.275. The minimum Gasteiger partial charge on any atom is -0.412 e. The summed E-state index contributed by atoms with van der Waals surface area (Å²) in [5.41, 5.74) is 4.85. The minimum absolute atomic E-state index is 0.125. The van der Waals surface area contributed by atoms with Crippen LogP contribution in [0.25, 0.3) is 0 Å². The van der Waals surface area contributed by atoms with E-state index in [0.29, 0.717) is 0 Å². The van der Waals surface area contributed by atoms with Gasteiger partial charge >= 0.3 is 5.97 Å². The number of ether oxygens (including phenoxy) is 1. The van der Waals surface area contributed by atoms with Crippen LogP contribution in [0.4, 0.5) is 0 Å². The van der Waals surface area contributed by atoms with Crippen molar-refractivity contribution < 1.29 is 9.53 Å². The summed E-state index contributed by atoms with van der Waals surface area (Å²) in [6.07, 6.45) is 0. The summed E-state index contributed by atoms with van der Waals surface area (Å²) in [5, 5.41) is 6.63. The molecule has 0 spiro atoms. The molecule has 0 heterocycles. The number of hydrogen-bond donors (Lipinski definition) is 2. The second-order valence-electron chi connectivity index (χ2n) is 1.23. The number of esters is 1. The van der Waals surface area contributed by atoms with Gasteiger partial charge in [-0.25, -0.2) is 0 Å². The van der Waals surface area contributed by atoms with Crippen molar-refractivity contribution in [1.82, 2.24) is 0 Å². The third kappa shape index (κ3) is 3.30. The van der Waals surface area contributed by atoms with Gasteiger partial charge in [-0.2, -0.15) is 0 Å². The van der Waals surface area contributed by atoms with Gasteiger partial charge in [-0.1, -0.05) is 0 Å². The van der Waals surface area contributed by atoms with Gasteiger partial charge in [-0.05, 0) is 0 Å². The lowest BCUT2D eigenvalue weighted by molar-refractivity contribution is -0.134. The smallest absolute Gasteiger partial charge is 0.326 e. The van der Waals surface area contributed by atoms with Crippen LogP contribution >= 0.6 is 0 Å². The summed E-state index contributed by atoms with van der Waals surface area (Å²) in [7, 11) is 0. The van der Waals surface area contributed by atoms with Crippen molar-refractivity contribution in [3.8, 4) is 0 Å². The Bertz CT molecular complexity index is 111. The standard InChI is InChI=1S/C4H8N2O2/c1-3(6)8-4(7)2-5/h6H,2,5H2,1H3. The van der Waals surface area contributed by atoms with Crippen LogP contribution in [0.3, 0.4) is 0 Å². The molecule has 0 aliphatic carbocycles. The highest BCUT2D eigenvalue weighted by Crippen LogP contribution is 1.74. The molecule has 0 saturated heterocycles. The van der Waals surface area contributed by atoms with Crippen molar-refractivity contribution in [3.05, 3.63) is 0 Å². The number of carbonyl (C=O) groups is 1. The molecular weight excluding hydrogens is 108 g/mol. The van der Waals surface area contributed by atoms with Gasteiger partial charge in [0.1, 0.15) is 0 Å². The Labute approximate surface area is 47.1 Å². The minimum atomic E-state index is -0.572. The lowest BCUT2D eigenvalue weighted by atomic mass is 10.7. The molecule has 0 aromatic carbocycles. The van der Waals surface area contributed by atoms with E-state index < -0.39 is 5.97 Å². The molecule has 3 N–H and O–H groups in total. The van der Waals surface area contributed by atoms with Gasteiger partial charge in [-0.3, -0.25) is 10.2 Å². The van der Waals surface area contributed by atoms with Gasteiger partial charge < -0.3 is 10.5 Å². The van der Waals surface area contributed by atoms with Crippen molar-refractivity contribution in [2.75, 3.05) is 6.54 Å². The fourth-order valence-corrected chi connectivity index (χ4v) is 0.212. The van der Waals surface area contributed by atoms with Crippen LogP contribution < -0.4 is 5.73 Å². The first-order chi connectivity index (χ1) is 3.66. The number of hydrogen-bond acceptors (Lipinski definition) is 4. The van der Waals surface area contributed by atoms with Gasteiger partial charge in [0.2, 0.25) is 0 Å². The lowest BCUT2D eigenvalue weighted by Gasteiger charge is -1.95. The Morgan fingerprint density at radius 1 is 1.88 bits per heavy atom. The van der Waals surface area contributed by atoms with Crippen molar-refractivity contribution in [1.29, 1.82) is 5.41 Å². The normalized spacial score (nSPS) is 8.25. The zero-order valence-electron chi connectivity index (χ0n) is 4.60. The summed E-state index contributed by atoms with van der Waals surface area (Å²) >= 11 is 0. The van der Waals surface area contributed by atoms with Gasteiger partial charge in [0, 0.05) is 6.92 Å². The molecule has 0 rings (SSSR count). The van der Waals surface area contributed by atoms with E-state index in [4.69, 9.17) is 11.1 Å². The maximum absolute atomic E-state index is 10.1. The molecule has 0 unspecified atom stereocenters. The van der Waals surface area contributed by atoms with Gasteiger partial charge in [0.25, 0.3) is 0 Å². The second-order valence-corrected chi connectivity index (χ2v) is 1.23. The molecule has 0 fully saturated rings. The number of carbonyl (C=O) groups excluding carboxylic acids is 1. The summed E-state index contributed by atoms with van der Waals surface area (Å²) in [4.78, 5) is 10.1. The van der Waals surface area contributed by atoms with Crippen LogP contribution in [0.5, 0.6) is 0 Å². The Morgan fingerprint density at radius 2 is 2.38 bits per heavy atom. The second kappa shape index (κ2) is 3.15. The molecule has 4 heteroatoms. The van der Waals surface area contributed by atoms with Crippen LogP contribution in [0.2, 0.25) is 0 Å². The molecule has 8 heavy (non-hydrogen) atoms. The van der Waals surface area contributed by atoms with Gasteiger partial charge in [0.15, 0.2) is 5.90 Å². The zero-order chi connectivity index (χ0) is 6.57. The summed E-state index contributed by atoms with van der Waals surface area (Å²) < 4.78 is 4.22. The van der Waals surface area contributed by atoms with Gasteiger partial charge in [0.05, 0.1) is 6.54 Å². The molecule has 0 aromatic rings. The van der Waals surface area contributed by atoms with Crippen molar-refractivity contribution in [3.63, 3.8) is 0 Å². The topological polar surface area (TPSA) is 76.2 Å². The monoisotopic (exact) mass is 116 g/mol.